The quantitative estimate of drug-likeness (QED) is 0.0254. The number of rotatable bonds is 58. The summed E-state index contributed by atoms with van der Waals surface area (Å²) in [5.74, 6) is 4.70. The molecule has 6 aromatic rings. The molecule has 0 bridgehead atoms. The van der Waals surface area contributed by atoms with Crippen LogP contribution in [0.2, 0.25) is 0 Å². The molecule has 6 atom stereocenters. The first-order valence-corrected chi connectivity index (χ1v) is 62.3. The molecule has 0 radical (unpaired) electrons. The van der Waals surface area contributed by atoms with Crippen LogP contribution in [-0.2, 0) is 85.8 Å². The van der Waals surface area contributed by atoms with Crippen LogP contribution in [0.25, 0.3) is 0 Å². The normalized spacial score (nSPS) is 12.4. The van der Waals surface area contributed by atoms with Crippen molar-refractivity contribution in [1.29, 1.82) is 0 Å². The monoisotopic (exact) mass is 2030 g/mol. The van der Waals surface area contributed by atoms with E-state index in [1.807, 2.05) is 0 Å². The summed E-state index contributed by atoms with van der Waals surface area (Å²) in [6, 6.07) is 66.2. The van der Waals surface area contributed by atoms with Gasteiger partial charge in [-0.3, -0.25) is 25.1 Å². The highest BCUT2D eigenvalue weighted by Crippen LogP contribution is 2.33. The summed E-state index contributed by atoms with van der Waals surface area (Å²) in [5, 5.41) is 0. The highest BCUT2D eigenvalue weighted by molar-refractivity contribution is 7.87. The molecule has 136 heavy (non-hydrogen) atoms. The van der Waals surface area contributed by atoms with E-state index in [0.29, 0.717) is 0 Å². The van der Waals surface area contributed by atoms with E-state index in [-0.39, 0.29) is 0 Å². The van der Waals surface area contributed by atoms with Crippen LogP contribution in [-0.4, -0.2) is 131 Å². The van der Waals surface area contributed by atoms with Gasteiger partial charge in [-0.25, -0.2) is 0 Å². The minimum atomic E-state index is -3.16. The van der Waals surface area contributed by atoms with Crippen molar-refractivity contribution in [1.82, 2.24) is 0 Å². The molecule has 0 aliphatic heterocycles. The second-order valence-electron chi connectivity index (χ2n) is 35.2. The average molecular weight is 2030 g/mol. The molecule has 0 aliphatic rings. The molecule has 0 saturated heterocycles. The predicted molar refractivity (Wildman–Crippen MR) is 587 cm³/mol. The number of hydrogen-bond acceptors (Lipinski definition) is 18. The minimum Gasteiger partial charge on any atom is -0.274 e. The Balaban J connectivity index is -0.000000348. The molecule has 0 aliphatic carbocycles. The molecule has 0 aromatic heterocycles. The third kappa shape index (κ3) is 105. The Morgan fingerprint density at radius 2 is 0.316 bits per heavy atom. The van der Waals surface area contributed by atoms with Gasteiger partial charge in [-0.15, -0.1) is 0 Å². The molecule has 24 heteroatoms. The SMILES string of the molecule is CCCCCC(CCCC)c1ccccc1.CCCCCC(CCCC)c1ccccc1.CCCCCCC(CCC)c1ccccc1.CCCCCCCC(CC)c1ccccc1.CCCCCCCC(CCCCCC)c1ccccc1.CCCCCCCCC(C)c1ccccc1.COS(C)(=O)=O.COS(C)(=O)=O.COS(C)(=O)=O.COS(C)(=O)=O.COS(C)(=O)=O.COS(C)(=O)=O. The largest absolute Gasteiger partial charge is 0.274 e. The Morgan fingerprint density at radius 1 is 0.176 bits per heavy atom. The topological polar surface area (TPSA) is 260 Å². The third-order valence-electron chi connectivity index (χ3n) is 22.9. The summed E-state index contributed by atoms with van der Waals surface area (Å²) in [6.45, 7) is 27.5. The van der Waals surface area contributed by atoms with E-state index in [1.54, 1.807) is 22.3 Å². The van der Waals surface area contributed by atoms with Crippen molar-refractivity contribution < 1.29 is 75.6 Å². The van der Waals surface area contributed by atoms with Gasteiger partial charge in [0.25, 0.3) is 60.7 Å². The maximum Gasteiger partial charge on any atom is 0.264 e. The van der Waals surface area contributed by atoms with Crippen molar-refractivity contribution in [2.75, 3.05) is 80.2 Å². The fourth-order valence-corrected chi connectivity index (χ4v) is 14.5. The van der Waals surface area contributed by atoms with Gasteiger partial charge in [-0.1, -0.05) is 490 Å². The van der Waals surface area contributed by atoms with E-state index in [2.05, 4.69) is 290 Å². The lowest BCUT2D eigenvalue weighted by molar-refractivity contribution is 0.402. The van der Waals surface area contributed by atoms with Crippen molar-refractivity contribution in [3.05, 3.63) is 215 Å². The standard InChI is InChI=1S/C20H34.5C16H26.6C2H6O3S/c1-3-5-7-9-12-16-19(15-11-8-6-4-2)20-17-13-10-14-18-20;1-3-4-5-6-7-9-12-15(2)16-13-10-8-11-14-16;1-3-5-6-8-12-15(11-4-2)16-13-9-7-10-14-16;1-3-5-6-7-9-12-15(4-2)16-13-10-8-11-14-16;2*1-3-5-8-12-15(11-6-4-2)16-13-9-7-10-14-16;6*1-5-6(2,3)4/h10,13-14,17-19H,3-9,11-12,15-16H2,1-2H3;8,10-11,13-15H,3-7,9,12H2,1-2H3;7,9-10,13-15H,3-6,8,11-12H2,1-2H3;8,10-11,13-15H,3-7,9,12H2,1-2H3;2*7,9-10,13-15H,3-6,8,11-12H2,1-2H3;6*1-2H3. The van der Waals surface area contributed by atoms with E-state index in [9.17, 15) is 50.5 Å². The zero-order chi connectivity index (χ0) is 104. The van der Waals surface area contributed by atoms with Crippen LogP contribution in [0.3, 0.4) is 0 Å². The summed E-state index contributed by atoms with van der Waals surface area (Å²) >= 11 is 0. The molecule has 6 rings (SSSR count). The molecule has 0 heterocycles. The second-order valence-corrected chi connectivity index (χ2v) is 45.7. The summed E-state index contributed by atoms with van der Waals surface area (Å²) in [6.07, 6.45) is 69.3. The molecule has 0 fully saturated rings. The molecule has 0 spiro atoms. The minimum absolute atomic E-state index is 0.729. The Bertz CT molecular complexity index is 3890. The molecular formula is C112H200O18S6. The van der Waals surface area contributed by atoms with Crippen LogP contribution in [0.4, 0.5) is 0 Å². The Hall–Kier alpha value is -5.22. The highest BCUT2D eigenvalue weighted by Gasteiger charge is 2.15. The van der Waals surface area contributed by atoms with Crippen LogP contribution in [0.1, 0.15) is 447 Å². The summed E-state index contributed by atoms with van der Waals surface area (Å²) in [5.41, 5.74) is 9.23. The van der Waals surface area contributed by atoms with E-state index >= 15 is 0 Å². The maximum atomic E-state index is 9.78. The van der Waals surface area contributed by atoms with Crippen LogP contribution >= 0.6 is 0 Å². The fourth-order valence-electron chi connectivity index (χ4n) is 14.5. The molecule has 6 aromatic carbocycles. The Labute approximate surface area is 839 Å². The molecule has 18 nitrogen and oxygen atoms in total. The predicted octanol–water partition coefficient (Wildman–Crippen LogP) is 32.4. The van der Waals surface area contributed by atoms with Gasteiger partial charge in [-0.2, -0.15) is 50.5 Å². The van der Waals surface area contributed by atoms with Gasteiger partial charge >= 0.3 is 0 Å². The first kappa shape index (κ1) is 141. The Morgan fingerprint density at radius 3 is 0.507 bits per heavy atom. The number of hydrogen-bond donors (Lipinski definition) is 0. The van der Waals surface area contributed by atoms with Crippen LogP contribution in [0, 0.1) is 0 Å². The zero-order valence-corrected chi connectivity index (χ0v) is 95.0. The van der Waals surface area contributed by atoms with Gasteiger partial charge in [0.1, 0.15) is 0 Å². The average Bonchev–Trinajstić information content (AvgIpc) is 0.935. The lowest BCUT2D eigenvalue weighted by Crippen LogP contribution is -1.99. The van der Waals surface area contributed by atoms with E-state index in [0.717, 1.165) is 116 Å². The first-order chi connectivity index (χ1) is 64.6. The number of benzene rings is 6. The lowest BCUT2D eigenvalue weighted by atomic mass is 9.88. The maximum absolute atomic E-state index is 9.78. The van der Waals surface area contributed by atoms with E-state index in [4.69, 9.17) is 0 Å². The van der Waals surface area contributed by atoms with Crippen LogP contribution < -0.4 is 0 Å². The van der Waals surface area contributed by atoms with Gasteiger partial charge in [-0.05, 0) is 140 Å². The molecular weight excluding hydrogens is 1830 g/mol. The first-order valence-electron chi connectivity index (χ1n) is 51.4. The van der Waals surface area contributed by atoms with Gasteiger partial charge < -0.3 is 0 Å². The van der Waals surface area contributed by atoms with E-state index < -0.39 is 60.7 Å². The van der Waals surface area contributed by atoms with Crippen molar-refractivity contribution in [2.24, 2.45) is 0 Å². The van der Waals surface area contributed by atoms with Crippen molar-refractivity contribution in [3.8, 4) is 0 Å². The van der Waals surface area contributed by atoms with Gasteiger partial charge in [0.05, 0.1) is 80.2 Å². The molecule has 0 N–H and O–H groups in total. The molecule has 6 unspecified atom stereocenters. The lowest BCUT2D eigenvalue weighted by Gasteiger charge is -2.17. The Kier molecular flexibility index (Phi) is 101. The van der Waals surface area contributed by atoms with Gasteiger partial charge in [0.2, 0.25) is 0 Å². The van der Waals surface area contributed by atoms with Gasteiger partial charge in [0, 0.05) is 0 Å². The van der Waals surface area contributed by atoms with Crippen LogP contribution in [0.5, 0.6) is 0 Å². The molecule has 0 saturated carbocycles. The van der Waals surface area contributed by atoms with Crippen molar-refractivity contribution in [3.63, 3.8) is 0 Å². The van der Waals surface area contributed by atoms with Crippen molar-refractivity contribution >= 4 is 60.7 Å². The molecule has 792 valence electrons. The van der Waals surface area contributed by atoms with Crippen molar-refractivity contribution in [2.45, 2.75) is 414 Å². The molecule has 0 amide bonds. The summed E-state index contributed by atoms with van der Waals surface area (Å²) < 4.78 is 141. The second kappa shape index (κ2) is 97.2. The fraction of sp³-hybridized carbons (Fsp3) is 0.679. The number of unbranched alkanes of at least 4 members (excludes halogenated alkanes) is 25. The summed E-state index contributed by atoms with van der Waals surface area (Å²) in [7, 11) is -12.2. The van der Waals surface area contributed by atoms with Crippen LogP contribution in [0.15, 0.2) is 182 Å². The van der Waals surface area contributed by atoms with Gasteiger partial charge in [0.15, 0.2) is 0 Å². The summed E-state index contributed by atoms with van der Waals surface area (Å²) in [4.78, 5) is 0. The van der Waals surface area contributed by atoms with E-state index in [1.165, 1.54) is 306 Å². The third-order valence-corrected chi connectivity index (χ3v) is 26.5. The highest BCUT2D eigenvalue weighted by atomic mass is 32.2. The zero-order valence-electron chi connectivity index (χ0n) is 90.1. The smallest absolute Gasteiger partial charge is 0.264 e.